The van der Waals surface area contributed by atoms with Gasteiger partial charge < -0.3 is 0 Å². The van der Waals surface area contributed by atoms with E-state index in [1.165, 1.54) is 33.3 Å². The molecule has 0 aliphatic heterocycles. The third kappa shape index (κ3) is 2.48. The van der Waals surface area contributed by atoms with E-state index in [-0.39, 0.29) is 5.41 Å². The number of aryl methyl sites for hydroxylation is 2. The number of hydrogen-bond donors (Lipinski definition) is 0. The van der Waals surface area contributed by atoms with Crippen molar-refractivity contribution in [1.82, 2.24) is 14.4 Å². The minimum atomic E-state index is 0.140. The van der Waals surface area contributed by atoms with Gasteiger partial charge in [0.05, 0.1) is 16.6 Å². The number of pyridine rings is 2. The second-order valence-electron chi connectivity index (χ2n) is 8.39. The molecule has 0 spiro atoms. The van der Waals surface area contributed by atoms with Gasteiger partial charge in [-0.1, -0.05) is 20.8 Å². The van der Waals surface area contributed by atoms with Gasteiger partial charge in [-0.05, 0) is 67.1 Å². The van der Waals surface area contributed by atoms with Crippen molar-refractivity contribution in [2.75, 3.05) is 0 Å². The van der Waals surface area contributed by atoms with E-state index >= 15 is 0 Å². The Balaban J connectivity index is 0.000000872. The minimum Gasteiger partial charge on any atom is -0.299 e. The van der Waals surface area contributed by atoms with Crippen molar-refractivity contribution < 1.29 is 0 Å². The van der Waals surface area contributed by atoms with Gasteiger partial charge in [0, 0.05) is 22.7 Å². The molecule has 3 heterocycles. The van der Waals surface area contributed by atoms with Crippen LogP contribution in [0.4, 0.5) is 0 Å². The van der Waals surface area contributed by atoms with Gasteiger partial charge in [0.1, 0.15) is 5.65 Å². The van der Waals surface area contributed by atoms with Crippen LogP contribution in [0, 0.1) is 13.8 Å². The smallest absolute Gasteiger partial charge is 0.147 e. The van der Waals surface area contributed by atoms with Crippen LogP contribution in [0.15, 0.2) is 43.6 Å². The van der Waals surface area contributed by atoms with Crippen molar-refractivity contribution in [1.29, 1.82) is 0 Å². The van der Waals surface area contributed by atoms with Crippen molar-refractivity contribution in [3.05, 3.63) is 66.0 Å². The number of aromatic nitrogens is 3. The normalized spacial score (nSPS) is 17.9. The molecule has 0 saturated carbocycles. The van der Waals surface area contributed by atoms with Crippen LogP contribution < -0.4 is 0 Å². The highest BCUT2D eigenvalue weighted by Gasteiger charge is 2.32. The Morgan fingerprint density at radius 1 is 1.04 bits per heavy atom. The van der Waals surface area contributed by atoms with Crippen LogP contribution in [0.5, 0.6) is 0 Å². The monoisotopic (exact) mass is 357 g/mol. The Hall–Kier alpha value is -2.68. The molecule has 5 rings (SSSR count). The van der Waals surface area contributed by atoms with Crippen molar-refractivity contribution in [2.45, 2.75) is 52.4 Å². The van der Waals surface area contributed by atoms with Crippen molar-refractivity contribution in [3.63, 3.8) is 0 Å². The molecular formula is C24H27N3. The second-order valence-corrected chi connectivity index (χ2v) is 8.39. The molecule has 2 bridgehead atoms. The Morgan fingerprint density at radius 3 is 2.48 bits per heavy atom. The molecule has 1 aliphatic carbocycles. The first kappa shape index (κ1) is 17.7. The maximum atomic E-state index is 5.00. The summed E-state index contributed by atoms with van der Waals surface area (Å²) in [5.41, 5.74) is 9.70. The maximum Gasteiger partial charge on any atom is 0.147 e. The van der Waals surface area contributed by atoms with Gasteiger partial charge in [-0.15, -0.1) is 13.2 Å². The lowest BCUT2D eigenvalue weighted by Gasteiger charge is -2.34. The molecule has 3 nitrogen and oxygen atoms in total. The molecule has 3 aromatic heterocycles. The number of benzene rings is 1. The lowest BCUT2D eigenvalue weighted by molar-refractivity contribution is 0.413. The van der Waals surface area contributed by atoms with Crippen LogP contribution in [-0.4, -0.2) is 14.4 Å². The van der Waals surface area contributed by atoms with E-state index in [1.54, 1.807) is 0 Å². The largest absolute Gasteiger partial charge is 0.299 e. The van der Waals surface area contributed by atoms with Crippen LogP contribution in [0.1, 0.15) is 55.5 Å². The van der Waals surface area contributed by atoms with Crippen LogP contribution >= 0.6 is 0 Å². The molecule has 0 radical (unpaired) electrons. The predicted molar refractivity (Wildman–Crippen MR) is 115 cm³/mol. The predicted octanol–water partition coefficient (Wildman–Crippen LogP) is 6.24. The summed E-state index contributed by atoms with van der Waals surface area (Å²) >= 11 is 0. The molecule has 1 unspecified atom stereocenters. The lowest BCUT2D eigenvalue weighted by Crippen LogP contribution is -2.26. The summed E-state index contributed by atoms with van der Waals surface area (Å²) in [5.74, 6) is 0.516. The highest BCUT2D eigenvalue weighted by atomic mass is 15.0. The minimum absolute atomic E-state index is 0.140. The molecule has 27 heavy (non-hydrogen) atoms. The summed E-state index contributed by atoms with van der Waals surface area (Å²) in [5, 5.41) is 1.22. The van der Waals surface area contributed by atoms with Crippen molar-refractivity contribution in [3.8, 4) is 0 Å². The van der Waals surface area contributed by atoms with Crippen molar-refractivity contribution >= 4 is 27.6 Å². The standard InChI is InChI=1S/C22H23N3.C2H4/c1-12-8-17-18(9-13(12)2)25-7-6-16-20(21(25)24-17)15-10-19(23-16)22(4,5)11-14(15)3;1-2/h6-10,14H,11H2,1-5H3;1-2H2. The van der Waals surface area contributed by atoms with Crippen LogP contribution in [0.2, 0.25) is 0 Å². The summed E-state index contributed by atoms with van der Waals surface area (Å²) < 4.78 is 2.23. The highest BCUT2D eigenvalue weighted by molar-refractivity contribution is 5.99. The zero-order chi connectivity index (χ0) is 19.5. The molecule has 1 aromatic carbocycles. The highest BCUT2D eigenvalue weighted by Crippen LogP contribution is 2.43. The van der Waals surface area contributed by atoms with Gasteiger partial charge in [-0.2, -0.15) is 0 Å². The number of hydrogen-bond acceptors (Lipinski definition) is 2. The third-order valence-corrected chi connectivity index (χ3v) is 6.03. The SMILES string of the molecule is C=C.Cc1cc2nc3c4c5cc(nc4ccn3c2cc1C)C(C)(C)CC5C. The fraction of sp³-hybridized carbons (Fsp3) is 0.333. The van der Waals surface area contributed by atoms with Gasteiger partial charge in [-0.3, -0.25) is 9.38 Å². The fourth-order valence-electron chi connectivity index (χ4n) is 4.49. The topological polar surface area (TPSA) is 30.2 Å². The van der Waals surface area contributed by atoms with E-state index in [9.17, 15) is 0 Å². The molecule has 1 atom stereocenters. The first-order chi connectivity index (χ1) is 12.8. The molecule has 0 fully saturated rings. The van der Waals surface area contributed by atoms with Gasteiger partial charge in [0.2, 0.25) is 0 Å². The van der Waals surface area contributed by atoms with Gasteiger partial charge in [0.15, 0.2) is 0 Å². The fourth-order valence-corrected chi connectivity index (χ4v) is 4.49. The van der Waals surface area contributed by atoms with Crippen LogP contribution in [0.25, 0.3) is 27.6 Å². The van der Waals surface area contributed by atoms with E-state index < -0.39 is 0 Å². The number of fused-ring (bicyclic) bond motifs is 8. The quantitative estimate of drug-likeness (QED) is 0.349. The van der Waals surface area contributed by atoms with E-state index in [0.29, 0.717) is 5.92 Å². The third-order valence-electron chi connectivity index (χ3n) is 6.03. The Bertz CT molecular complexity index is 1200. The second kappa shape index (κ2) is 5.91. The zero-order valence-corrected chi connectivity index (χ0v) is 16.9. The molecular weight excluding hydrogens is 330 g/mol. The average Bonchev–Trinajstić information content (AvgIpc) is 2.99. The van der Waals surface area contributed by atoms with E-state index in [1.807, 2.05) is 0 Å². The molecule has 138 valence electrons. The summed E-state index contributed by atoms with van der Waals surface area (Å²) in [6.45, 7) is 17.2. The summed E-state index contributed by atoms with van der Waals surface area (Å²) in [7, 11) is 0. The summed E-state index contributed by atoms with van der Waals surface area (Å²) in [4.78, 5) is 10.00. The Labute approximate surface area is 160 Å². The zero-order valence-electron chi connectivity index (χ0n) is 16.9. The molecule has 3 heteroatoms. The Morgan fingerprint density at radius 2 is 1.74 bits per heavy atom. The average molecular weight is 358 g/mol. The summed E-state index contributed by atoms with van der Waals surface area (Å²) in [6.07, 6.45) is 3.26. The first-order valence-corrected chi connectivity index (χ1v) is 9.58. The molecule has 0 saturated heterocycles. The molecule has 4 aromatic rings. The number of imidazole rings is 1. The van der Waals surface area contributed by atoms with E-state index in [2.05, 4.69) is 82.6 Å². The van der Waals surface area contributed by atoms with Crippen LogP contribution in [-0.2, 0) is 5.41 Å². The first-order valence-electron chi connectivity index (χ1n) is 9.58. The van der Waals surface area contributed by atoms with E-state index in [0.717, 1.165) is 23.1 Å². The van der Waals surface area contributed by atoms with Crippen LogP contribution in [0.3, 0.4) is 0 Å². The molecule has 0 N–H and O–H groups in total. The van der Waals surface area contributed by atoms with Gasteiger partial charge >= 0.3 is 0 Å². The van der Waals surface area contributed by atoms with Gasteiger partial charge in [0.25, 0.3) is 0 Å². The summed E-state index contributed by atoms with van der Waals surface area (Å²) in [6, 6.07) is 8.91. The number of rotatable bonds is 0. The van der Waals surface area contributed by atoms with E-state index in [4.69, 9.17) is 9.97 Å². The molecule has 1 aliphatic rings. The number of nitrogens with zero attached hydrogens (tertiary/aromatic N) is 3. The maximum absolute atomic E-state index is 5.00. The van der Waals surface area contributed by atoms with Gasteiger partial charge in [-0.25, -0.2) is 4.98 Å². The Kier molecular flexibility index (Phi) is 3.88. The molecule has 0 amide bonds. The van der Waals surface area contributed by atoms with Crippen molar-refractivity contribution in [2.24, 2.45) is 0 Å². The lowest BCUT2D eigenvalue weighted by atomic mass is 9.72.